The topological polar surface area (TPSA) is 99.1 Å². The summed E-state index contributed by atoms with van der Waals surface area (Å²) in [5.41, 5.74) is 0. The van der Waals surface area contributed by atoms with Crippen LogP contribution in [0, 0.1) is 0 Å². The summed E-state index contributed by atoms with van der Waals surface area (Å²) in [5, 5.41) is 9.65. The van der Waals surface area contributed by atoms with Crippen LogP contribution in [-0.4, -0.2) is 80.6 Å². The molecule has 0 aromatic heterocycles. The van der Waals surface area contributed by atoms with Gasteiger partial charge in [0.2, 0.25) is 0 Å². The van der Waals surface area contributed by atoms with Crippen LogP contribution in [0.15, 0.2) is 12.2 Å². The second-order valence-electron chi connectivity index (χ2n) is 19.1. The molecule has 8 heteroatoms. The van der Waals surface area contributed by atoms with Gasteiger partial charge in [-0.05, 0) is 38.5 Å². The van der Waals surface area contributed by atoms with Crippen LogP contribution in [0.4, 0.5) is 0 Å². The molecule has 2 atom stereocenters. The Morgan fingerprint density at radius 1 is 0.475 bits per heavy atom. The zero-order valence-electron chi connectivity index (χ0n) is 41.1. The number of ether oxygens (including phenoxy) is 3. The summed E-state index contributed by atoms with van der Waals surface area (Å²) in [7, 11) is 5.54. The van der Waals surface area contributed by atoms with Gasteiger partial charge in [-0.3, -0.25) is 9.59 Å². The summed E-state index contributed by atoms with van der Waals surface area (Å²) in [5.74, 6) is -1.45. The van der Waals surface area contributed by atoms with Crippen LogP contribution in [0.5, 0.6) is 0 Å². The molecule has 0 rings (SSSR count). The van der Waals surface area contributed by atoms with E-state index < -0.39 is 18.1 Å². The summed E-state index contributed by atoms with van der Waals surface area (Å²) in [4.78, 5) is 37.1. The first kappa shape index (κ1) is 59.1. The number of carbonyl (C=O) groups is 3. The molecule has 0 bridgehead atoms. The molecular formula is C53H102NO7+. The molecular weight excluding hydrogens is 763 g/mol. The number of likely N-dealkylation sites (N-methyl/N-ethyl adjacent to an activating group) is 1. The Balaban J connectivity index is 4.15. The fourth-order valence-corrected chi connectivity index (χ4v) is 8.09. The van der Waals surface area contributed by atoms with E-state index in [1.807, 2.05) is 21.1 Å². The van der Waals surface area contributed by atoms with Gasteiger partial charge in [-0.2, -0.15) is 0 Å². The van der Waals surface area contributed by atoms with Gasteiger partial charge in [0, 0.05) is 19.3 Å². The number of unbranched alkanes of at least 4 members (excludes halogenated alkanes) is 32. The third kappa shape index (κ3) is 43.1. The Bertz CT molecular complexity index is 1010. The van der Waals surface area contributed by atoms with Crippen molar-refractivity contribution in [2.45, 2.75) is 270 Å². The van der Waals surface area contributed by atoms with Crippen molar-refractivity contribution in [1.82, 2.24) is 0 Å². The van der Waals surface area contributed by atoms with Crippen molar-refractivity contribution in [3.63, 3.8) is 0 Å². The van der Waals surface area contributed by atoms with E-state index in [4.69, 9.17) is 14.2 Å². The number of carboxylic acids is 1. The molecule has 0 radical (unpaired) electrons. The lowest BCUT2D eigenvalue weighted by Gasteiger charge is -2.31. The standard InChI is InChI=1S/C53H101NO7/c1-6-8-10-12-14-16-18-20-22-23-24-25-26-27-28-30-31-33-35-37-39-41-43-51(55)60-48-49(47-59-46-45-50(53(57)58)54(3,4)5)61-52(56)44-42-40-38-36-34-32-29-21-19-17-15-13-11-9-7-2/h17,19,49-50H,6-16,18,20-48H2,1-5H3/p+1/b19-17+. The second kappa shape index (κ2) is 44.7. The highest BCUT2D eigenvalue weighted by Gasteiger charge is 2.31. The zero-order valence-corrected chi connectivity index (χ0v) is 41.1. The van der Waals surface area contributed by atoms with Crippen molar-refractivity contribution in [3.05, 3.63) is 12.2 Å². The Kier molecular flexibility index (Phi) is 43.3. The molecule has 0 aliphatic rings. The molecule has 0 saturated heterocycles. The van der Waals surface area contributed by atoms with Crippen LogP contribution in [0.25, 0.3) is 0 Å². The fraction of sp³-hybridized carbons (Fsp3) is 0.906. The highest BCUT2D eigenvalue weighted by Crippen LogP contribution is 2.17. The van der Waals surface area contributed by atoms with Gasteiger partial charge in [0.15, 0.2) is 12.1 Å². The number of carboxylic acid groups (broad SMARTS) is 1. The number of esters is 2. The van der Waals surface area contributed by atoms with Crippen molar-refractivity contribution in [1.29, 1.82) is 0 Å². The predicted octanol–water partition coefficient (Wildman–Crippen LogP) is 15.0. The summed E-state index contributed by atoms with van der Waals surface area (Å²) >= 11 is 0. The largest absolute Gasteiger partial charge is 0.477 e. The van der Waals surface area contributed by atoms with Gasteiger partial charge < -0.3 is 23.8 Å². The van der Waals surface area contributed by atoms with E-state index in [2.05, 4.69) is 26.0 Å². The summed E-state index contributed by atoms with van der Waals surface area (Å²) in [6.07, 6.45) is 49.8. The summed E-state index contributed by atoms with van der Waals surface area (Å²) in [6.45, 7) is 4.77. The van der Waals surface area contributed by atoms with Gasteiger partial charge in [0.1, 0.15) is 6.61 Å². The van der Waals surface area contributed by atoms with Gasteiger partial charge in [-0.25, -0.2) is 4.79 Å². The van der Waals surface area contributed by atoms with Gasteiger partial charge >= 0.3 is 17.9 Å². The van der Waals surface area contributed by atoms with E-state index in [-0.39, 0.29) is 36.2 Å². The lowest BCUT2D eigenvalue weighted by Crippen LogP contribution is -2.50. The van der Waals surface area contributed by atoms with Gasteiger partial charge in [0.25, 0.3) is 0 Å². The molecule has 8 nitrogen and oxygen atoms in total. The van der Waals surface area contributed by atoms with E-state index in [9.17, 15) is 19.5 Å². The second-order valence-corrected chi connectivity index (χ2v) is 19.1. The Morgan fingerprint density at radius 2 is 0.820 bits per heavy atom. The molecule has 0 spiro atoms. The first-order chi connectivity index (χ1) is 29.6. The molecule has 0 aromatic rings. The quantitative estimate of drug-likeness (QED) is 0.0281. The van der Waals surface area contributed by atoms with Gasteiger partial charge in [-0.15, -0.1) is 0 Å². The molecule has 2 unspecified atom stereocenters. The average Bonchev–Trinajstić information content (AvgIpc) is 3.22. The predicted molar refractivity (Wildman–Crippen MR) is 257 cm³/mol. The smallest absolute Gasteiger partial charge is 0.362 e. The highest BCUT2D eigenvalue weighted by atomic mass is 16.6. The number of hydrogen-bond donors (Lipinski definition) is 1. The molecule has 0 amide bonds. The van der Waals surface area contributed by atoms with Crippen molar-refractivity contribution >= 4 is 17.9 Å². The van der Waals surface area contributed by atoms with Crippen molar-refractivity contribution in [2.24, 2.45) is 0 Å². The molecule has 61 heavy (non-hydrogen) atoms. The van der Waals surface area contributed by atoms with E-state index in [0.29, 0.717) is 19.3 Å². The molecule has 0 aliphatic carbocycles. The normalized spacial score (nSPS) is 12.9. The van der Waals surface area contributed by atoms with Gasteiger partial charge in [-0.1, -0.05) is 212 Å². The fourth-order valence-electron chi connectivity index (χ4n) is 8.09. The number of aliphatic carboxylic acids is 1. The zero-order chi connectivity index (χ0) is 44.9. The van der Waals surface area contributed by atoms with Crippen LogP contribution in [-0.2, 0) is 28.6 Å². The first-order valence-electron chi connectivity index (χ1n) is 26.2. The number of rotatable bonds is 48. The van der Waals surface area contributed by atoms with Gasteiger partial charge in [0.05, 0.1) is 34.4 Å². The number of nitrogens with zero attached hydrogens (tertiary/aromatic N) is 1. The Labute approximate surface area is 378 Å². The molecule has 0 saturated carbocycles. The maximum Gasteiger partial charge on any atom is 0.362 e. The number of quaternary nitrogens is 1. The minimum absolute atomic E-state index is 0.0460. The first-order valence-corrected chi connectivity index (χ1v) is 26.2. The lowest BCUT2D eigenvalue weighted by molar-refractivity contribution is -0.887. The average molecular weight is 865 g/mol. The SMILES string of the molecule is CCCCCC/C=C/CCCCCCCCCC(=O)OC(COCCC(C(=O)O)[N+](C)(C)C)COC(=O)CCCCCCCCCCCCCCCCCCCCCCCC. The van der Waals surface area contributed by atoms with Crippen molar-refractivity contribution in [2.75, 3.05) is 41.0 Å². The van der Waals surface area contributed by atoms with Crippen LogP contribution in [0.3, 0.4) is 0 Å². The number of carbonyl (C=O) groups excluding carboxylic acids is 2. The van der Waals surface area contributed by atoms with Crippen LogP contribution < -0.4 is 0 Å². The molecule has 1 N–H and O–H groups in total. The molecule has 0 aliphatic heterocycles. The molecule has 360 valence electrons. The molecule has 0 heterocycles. The van der Waals surface area contributed by atoms with Crippen LogP contribution in [0.2, 0.25) is 0 Å². The minimum atomic E-state index is -0.871. The minimum Gasteiger partial charge on any atom is -0.477 e. The third-order valence-electron chi connectivity index (χ3n) is 12.2. The lowest BCUT2D eigenvalue weighted by atomic mass is 10.0. The van der Waals surface area contributed by atoms with Crippen LogP contribution in [0.1, 0.15) is 258 Å². The van der Waals surface area contributed by atoms with E-state index in [0.717, 1.165) is 38.5 Å². The number of hydrogen-bond acceptors (Lipinski definition) is 6. The third-order valence-corrected chi connectivity index (χ3v) is 12.2. The molecule has 0 aromatic carbocycles. The van der Waals surface area contributed by atoms with Crippen molar-refractivity contribution < 1.29 is 38.2 Å². The maximum atomic E-state index is 12.8. The Morgan fingerprint density at radius 3 is 1.20 bits per heavy atom. The summed E-state index contributed by atoms with van der Waals surface area (Å²) in [6, 6.07) is -0.612. The van der Waals surface area contributed by atoms with Crippen molar-refractivity contribution in [3.8, 4) is 0 Å². The maximum absolute atomic E-state index is 12.8. The van der Waals surface area contributed by atoms with E-state index in [1.165, 1.54) is 186 Å². The Hall–Kier alpha value is -1.93. The van der Waals surface area contributed by atoms with E-state index in [1.54, 1.807) is 0 Å². The van der Waals surface area contributed by atoms with E-state index >= 15 is 0 Å². The van der Waals surface area contributed by atoms with Crippen LogP contribution >= 0.6 is 0 Å². The highest BCUT2D eigenvalue weighted by molar-refractivity contribution is 5.72. The summed E-state index contributed by atoms with van der Waals surface area (Å²) < 4.78 is 17.4. The molecule has 0 fully saturated rings. The monoisotopic (exact) mass is 865 g/mol. The number of allylic oxidation sites excluding steroid dienone is 2.